The fourth-order valence-corrected chi connectivity index (χ4v) is 7.16. The Morgan fingerprint density at radius 2 is 1.74 bits per heavy atom. The summed E-state index contributed by atoms with van der Waals surface area (Å²) in [7, 11) is 0. The van der Waals surface area contributed by atoms with E-state index in [4.69, 9.17) is 26.3 Å². The van der Waals surface area contributed by atoms with Crippen molar-refractivity contribution in [1.82, 2.24) is 19.9 Å². The molecule has 0 radical (unpaired) electrons. The van der Waals surface area contributed by atoms with Crippen LogP contribution in [0.4, 0.5) is 0 Å². The molecule has 7 heteroatoms. The van der Waals surface area contributed by atoms with Gasteiger partial charge in [-0.15, -0.1) is 0 Å². The number of ether oxygens (including phenoxy) is 1. The highest BCUT2D eigenvalue weighted by Crippen LogP contribution is 2.46. The zero-order chi connectivity index (χ0) is 28.6. The summed E-state index contributed by atoms with van der Waals surface area (Å²) in [6.45, 7) is 4.41. The number of halogens is 1. The van der Waals surface area contributed by atoms with Gasteiger partial charge in [-0.2, -0.15) is 4.98 Å². The number of hydrogen-bond acceptors (Lipinski definition) is 6. The number of nitrogens with zero attached hydrogens (tertiary/aromatic N) is 4. The Bertz CT molecular complexity index is 1720. The molecule has 212 valence electrons. The van der Waals surface area contributed by atoms with Crippen LogP contribution >= 0.6 is 11.6 Å². The van der Waals surface area contributed by atoms with Crippen LogP contribution in [0.2, 0.25) is 5.15 Å². The normalized spacial score (nSPS) is 22.2. The Labute approximate surface area is 251 Å². The summed E-state index contributed by atoms with van der Waals surface area (Å²) in [4.78, 5) is 16.9. The van der Waals surface area contributed by atoms with Gasteiger partial charge in [0.05, 0.1) is 17.1 Å². The van der Waals surface area contributed by atoms with Crippen LogP contribution in [0.25, 0.3) is 33.4 Å². The molecule has 1 N–H and O–H groups in total. The Hall–Kier alpha value is -4.00. The highest BCUT2D eigenvalue weighted by atomic mass is 35.5. The van der Waals surface area contributed by atoms with E-state index in [-0.39, 0.29) is 17.9 Å². The lowest BCUT2D eigenvalue weighted by atomic mass is 9.72. The molecule has 42 heavy (non-hydrogen) atoms. The molecule has 3 aliphatic rings. The summed E-state index contributed by atoms with van der Waals surface area (Å²) in [5, 5.41) is 11.7. The first-order valence-electron chi connectivity index (χ1n) is 14.8. The van der Waals surface area contributed by atoms with Gasteiger partial charge in [-0.25, -0.2) is 4.98 Å². The fourth-order valence-electron chi connectivity index (χ4n) is 6.89. The minimum absolute atomic E-state index is 0.136. The molecule has 8 rings (SSSR count). The van der Waals surface area contributed by atoms with Crippen molar-refractivity contribution >= 4 is 22.5 Å². The van der Waals surface area contributed by atoms with Crippen LogP contribution in [0.1, 0.15) is 37.9 Å². The summed E-state index contributed by atoms with van der Waals surface area (Å²) < 4.78 is 7.15. The number of aromatic hydroxyl groups is 1. The van der Waals surface area contributed by atoms with E-state index in [0.717, 1.165) is 47.1 Å². The molecule has 3 aliphatic heterocycles. The van der Waals surface area contributed by atoms with E-state index in [1.807, 2.05) is 79.0 Å². The van der Waals surface area contributed by atoms with Crippen molar-refractivity contribution in [3.63, 3.8) is 0 Å². The molecule has 5 atom stereocenters. The van der Waals surface area contributed by atoms with Crippen LogP contribution in [-0.2, 0) is 0 Å². The first-order chi connectivity index (χ1) is 20.6. The minimum Gasteiger partial charge on any atom is -0.508 e. The molecule has 2 aromatic heterocycles. The molecule has 6 nitrogen and oxygen atoms in total. The van der Waals surface area contributed by atoms with Gasteiger partial charge in [0.15, 0.2) is 5.82 Å². The molecule has 3 fully saturated rings. The van der Waals surface area contributed by atoms with E-state index in [0.29, 0.717) is 34.3 Å². The Balaban J connectivity index is 1.41. The summed E-state index contributed by atoms with van der Waals surface area (Å²) in [5.74, 6) is 2.52. The van der Waals surface area contributed by atoms with Gasteiger partial charge >= 0.3 is 0 Å². The van der Waals surface area contributed by atoms with E-state index in [1.165, 1.54) is 12.8 Å². The smallest absolute Gasteiger partial charge is 0.227 e. The van der Waals surface area contributed by atoms with E-state index in [1.54, 1.807) is 12.1 Å². The summed E-state index contributed by atoms with van der Waals surface area (Å²) >= 11 is 6.97. The maximum atomic E-state index is 10.5. The molecule has 0 aliphatic carbocycles. The molecule has 3 aromatic carbocycles. The topological polar surface area (TPSA) is 71.4 Å². The number of benzene rings is 3. The lowest BCUT2D eigenvalue weighted by Crippen LogP contribution is -2.56. The standard InChI is InChI=1S/C35H33ClN4O2/c1-2-22-21-40-18-16-25(22)19-30(40)32(27-15-17-37-29-14-13-26(41)20-28(27)29)42-35-31(23-9-5-3-6-10-23)33(36)38-34(39-35)24-11-7-4-8-12-24/h3-15,17,20,22,25,30,32,41H,2,16,18-19,21H2,1H3/t22?,25?,30?,32-/m0/s1. The van der Waals surface area contributed by atoms with Gasteiger partial charge in [-0.1, -0.05) is 85.6 Å². The molecule has 5 aromatic rings. The fraction of sp³-hybridized carbons (Fsp3) is 0.286. The van der Waals surface area contributed by atoms with Gasteiger partial charge in [0.1, 0.15) is 17.0 Å². The number of fused-ring (bicyclic) bond motifs is 4. The first-order valence-corrected chi connectivity index (χ1v) is 15.1. The Kier molecular flexibility index (Phi) is 7.26. The van der Waals surface area contributed by atoms with E-state index in [2.05, 4.69) is 16.8 Å². The zero-order valence-electron chi connectivity index (χ0n) is 23.5. The monoisotopic (exact) mass is 576 g/mol. The molecule has 0 saturated carbocycles. The van der Waals surface area contributed by atoms with Crippen molar-refractivity contribution in [2.75, 3.05) is 13.1 Å². The molecule has 4 unspecified atom stereocenters. The molecule has 0 spiro atoms. The van der Waals surface area contributed by atoms with Crippen LogP contribution in [0.15, 0.2) is 91.1 Å². The Morgan fingerprint density at radius 3 is 2.45 bits per heavy atom. The van der Waals surface area contributed by atoms with Gasteiger partial charge in [0, 0.05) is 29.3 Å². The molecular formula is C35H33ClN4O2. The predicted octanol–water partition coefficient (Wildman–Crippen LogP) is 7.96. The molecule has 5 heterocycles. The van der Waals surface area contributed by atoms with Crippen molar-refractivity contribution < 1.29 is 9.84 Å². The number of phenols is 1. The number of pyridine rings is 1. The third-order valence-electron chi connectivity index (χ3n) is 9.04. The average molecular weight is 577 g/mol. The van der Waals surface area contributed by atoms with Crippen molar-refractivity contribution in [2.24, 2.45) is 11.8 Å². The average Bonchev–Trinajstić information content (AvgIpc) is 3.04. The third kappa shape index (κ3) is 4.99. The van der Waals surface area contributed by atoms with E-state index in [9.17, 15) is 5.11 Å². The van der Waals surface area contributed by atoms with Gasteiger partial charge in [-0.3, -0.25) is 9.88 Å². The molecule has 0 amide bonds. The quantitative estimate of drug-likeness (QED) is 0.198. The van der Waals surface area contributed by atoms with Gasteiger partial charge in [0.25, 0.3) is 0 Å². The number of phenolic OH excluding ortho intramolecular Hbond substituents is 1. The first kappa shape index (κ1) is 26.9. The van der Waals surface area contributed by atoms with Crippen LogP contribution in [0.5, 0.6) is 11.6 Å². The lowest BCUT2D eigenvalue weighted by Gasteiger charge is -2.52. The second kappa shape index (κ2) is 11.3. The number of aromatic nitrogens is 3. The van der Waals surface area contributed by atoms with Crippen molar-refractivity contribution in [3.05, 3.63) is 102 Å². The SMILES string of the molecule is CCC1CN2CCC1CC2[C@@H](Oc1nc(-c2ccccc2)nc(Cl)c1-c1ccccc1)c1ccnc2ccc(O)cc12. The largest absolute Gasteiger partial charge is 0.508 e. The van der Waals surface area contributed by atoms with Crippen LogP contribution < -0.4 is 4.74 Å². The van der Waals surface area contributed by atoms with Gasteiger partial charge in [-0.05, 0) is 61.1 Å². The van der Waals surface area contributed by atoms with Crippen molar-refractivity contribution in [1.29, 1.82) is 0 Å². The van der Waals surface area contributed by atoms with Crippen molar-refractivity contribution in [2.45, 2.75) is 38.3 Å². The summed E-state index contributed by atoms with van der Waals surface area (Å²) in [5.41, 5.74) is 4.23. The highest BCUT2D eigenvalue weighted by Gasteiger charge is 2.44. The maximum absolute atomic E-state index is 10.5. The minimum atomic E-state index is -0.366. The second-order valence-electron chi connectivity index (χ2n) is 11.4. The van der Waals surface area contributed by atoms with Gasteiger partial charge in [0.2, 0.25) is 5.88 Å². The third-order valence-corrected chi connectivity index (χ3v) is 9.31. The van der Waals surface area contributed by atoms with Crippen molar-refractivity contribution in [3.8, 4) is 34.1 Å². The number of piperidine rings is 3. The second-order valence-corrected chi connectivity index (χ2v) is 11.8. The summed E-state index contributed by atoms with van der Waals surface area (Å²) in [6.07, 6.45) is 4.90. The van der Waals surface area contributed by atoms with Crippen LogP contribution in [0.3, 0.4) is 0 Å². The van der Waals surface area contributed by atoms with E-state index < -0.39 is 0 Å². The highest BCUT2D eigenvalue weighted by molar-refractivity contribution is 6.32. The molecule has 3 saturated heterocycles. The van der Waals surface area contributed by atoms with Gasteiger partial charge < -0.3 is 9.84 Å². The Morgan fingerprint density at radius 1 is 0.976 bits per heavy atom. The van der Waals surface area contributed by atoms with Crippen LogP contribution in [0, 0.1) is 11.8 Å². The van der Waals surface area contributed by atoms with E-state index >= 15 is 0 Å². The molecule has 2 bridgehead atoms. The summed E-state index contributed by atoms with van der Waals surface area (Å²) in [6, 6.07) is 27.3. The zero-order valence-corrected chi connectivity index (χ0v) is 24.3. The predicted molar refractivity (Wildman–Crippen MR) is 167 cm³/mol. The molecular weight excluding hydrogens is 544 g/mol. The van der Waals surface area contributed by atoms with Crippen LogP contribution in [-0.4, -0.2) is 44.1 Å². The maximum Gasteiger partial charge on any atom is 0.227 e. The number of rotatable bonds is 7. The number of hydrogen-bond donors (Lipinski definition) is 1. The lowest BCUT2D eigenvalue weighted by molar-refractivity contribution is -0.0492.